The van der Waals surface area contributed by atoms with Crippen molar-refractivity contribution in [3.05, 3.63) is 39.8 Å². The van der Waals surface area contributed by atoms with Gasteiger partial charge in [-0.15, -0.1) is 0 Å². The van der Waals surface area contributed by atoms with Crippen molar-refractivity contribution in [3.63, 3.8) is 0 Å². The van der Waals surface area contributed by atoms with Crippen LogP contribution >= 0.6 is 0 Å². The van der Waals surface area contributed by atoms with Crippen LogP contribution in [0.3, 0.4) is 0 Å². The van der Waals surface area contributed by atoms with Gasteiger partial charge >= 0.3 is 0 Å². The highest BCUT2D eigenvalue weighted by Crippen LogP contribution is 1.98. The number of aromatic nitrogens is 1. The molecule has 1 aromatic rings. The monoisotopic (exact) mass is 177 g/mol. The second-order valence-electron chi connectivity index (χ2n) is 3.12. The molecular weight excluding hydrogens is 162 g/mol. The maximum atomic E-state index is 11.3. The van der Waals surface area contributed by atoms with Gasteiger partial charge in [0, 0.05) is 11.3 Å². The number of H-pyrrole nitrogens is 1. The Bertz CT molecular complexity index is 349. The van der Waals surface area contributed by atoms with Crippen molar-refractivity contribution in [1.29, 1.82) is 0 Å². The molecule has 0 saturated heterocycles. The van der Waals surface area contributed by atoms with E-state index in [-0.39, 0.29) is 5.56 Å². The molecule has 1 aromatic heterocycles. The minimum atomic E-state index is -0.00708. The number of pyridine rings is 1. The quantitative estimate of drug-likeness (QED) is 0.756. The summed E-state index contributed by atoms with van der Waals surface area (Å²) in [5.74, 6) is 0. The van der Waals surface area contributed by atoms with Crippen LogP contribution in [-0.2, 0) is 0 Å². The van der Waals surface area contributed by atoms with Crippen molar-refractivity contribution < 1.29 is 0 Å². The van der Waals surface area contributed by atoms with E-state index in [1.807, 2.05) is 31.2 Å². The maximum Gasteiger partial charge on any atom is 0.255 e. The SMILES string of the molecule is CCC/C=C/c1ccc(C)[nH]c1=O. The molecule has 13 heavy (non-hydrogen) atoms. The molecule has 0 bridgehead atoms. The molecule has 0 aliphatic carbocycles. The highest BCUT2D eigenvalue weighted by Gasteiger charge is 1.93. The van der Waals surface area contributed by atoms with Gasteiger partial charge in [-0.05, 0) is 25.5 Å². The zero-order valence-electron chi connectivity index (χ0n) is 8.13. The summed E-state index contributed by atoms with van der Waals surface area (Å²) in [6.45, 7) is 3.99. The number of unbranched alkanes of at least 4 members (excludes halogenated alkanes) is 1. The van der Waals surface area contributed by atoms with Crippen LogP contribution in [0.25, 0.3) is 6.08 Å². The molecule has 70 valence electrons. The van der Waals surface area contributed by atoms with Gasteiger partial charge in [0.1, 0.15) is 0 Å². The van der Waals surface area contributed by atoms with Crippen LogP contribution in [-0.4, -0.2) is 4.98 Å². The standard InChI is InChI=1S/C11H15NO/c1-3-4-5-6-10-8-7-9(2)12-11(10)13/h5-8H,3-4H2,1-2H3,(H,12,13)/b6-5+. The van der Waals surface area contributed by atoms with E-state index in [0.717, 1.165) is 24.1 Å². The maximum absolute atomic E-state index is 11.3. The van der Waals surface area contributed by atoms with Crippen LogP contribution < -0.4 is 5.56 Å². The third-order valence-electron chi connectivity index (χ3n) is 1.84. The molecule has 1 rings (SSSR count). The van der Waals surface area contributed by atoms with Gasteiger partial charge in [0.15, 0.2) is 0 Å². The number of aromatic amines is 1. The van der Waals surface area contributed by atoms with Crippen LogP contribution in [0.5, 0.6) is 0 Å². The molecule has 1 N–H and O–H groups in total. The Morgan fingerprint density at radius 1 is 1.46 bits per heavy atom. The summed E-state index contributed by atoms with van der Waals surface area (Å²) in [4.78, 5) is 14.1. The van der Waals surface area contributed by atoms with Gasteiger partial charge in [-0.3, -0.25) is 4.79 Å². The van der Waals surface area contributed by atoms with Gasteiger partial charge in [-0.2, -0.15) is 0 Å². The molecule has 0 atom stereocenters. The Hall–Kier alpha value is -1.31. The van der Waals surface area contributed by atoms with Gasteiger partial charge in [-0.25, -0.2) is 0 Å². The normalized spacial score (nSPS) is 10.9. The molecule has 0 fully saturated rings. The van der Waals surface area contributed by atoms with Gasteiger partial charge in [0.05, 0.1) is 0 Å². The van der Waals surface area contributed by atoms with E-state index in [1.54, 1.807) is 0 Å². The lowest BCUT2D eigenvalue weighted by molar-refractivity contribution is 0.962. The average Bonchev–Trinajstić information content (AvgIpc) is 2.09. The Morgan fingerprint density at radius 3 is 2.85 bits per heavy atom. The second-order valence-corrected chi connectivity index (χ2v) is 3.12. The Kier molecular flexibility index (Phi) is 3.50. The van der Waals surface area contributed by atoms with E-state index in [0.29, 0.717) is 0 Å². The van der Waals surface area contributed by atoms with Gasteiger partial charge < -0.3 is 4.98 Å². The molecule has 0 aliphatic heterocycles. The van der Waals surface area contributed by atoms with Crippen LogP contribution in [0, 0.1) is 6.92 Å². The first kappa shape index (κ1) is 9.78. The third-order valence-corrected chi connectivity index (χ3v) is 1.84. The van der Waals surface area contributed by atoms with Crippen molar-refractivity contribution in [2.24, 2.45) is 0 Å². The fourth-order valence-electron chi connectivity index (χ4n) is 1.09. The predicted molar refractivity (Wildman–Crippen MR) is 55.7 cm³/mol. The number of rotatable bonds is 3. The zero-order chi connectivity index (χ0) is 9.68. The first-order valence-corrected chi connectivity index (χ1v) is 4.60. The van der Waals surface area contributed by atoms with E-state index in [2.05, 4.69) is 11.9 Å². The number of hydrogen-bond acceptors (Lipinski definition) is 1. The van der Waals surface area contributed by atoms with Crippen LogP contribution in [0.2, 0.25) is 0 Å². The Morgan fingerprint density at radius 2 is 2.23 bits per heavy atom. The minimum Gasteiger partial charge on any atom is -0.326 e. The molecule has 0 aromatic carbocycles. The largest absolute Gasteiger partial charge is 0.326 e. The number of allylic oxidation sites excluding steroid dienone is 1. The Labute approximate surface area is 78.3 Å². The van der Waals surface area contributed by atoms with Crippen LogP contribution in [0.15, 0.2) is 23.0 Å². The smallest absolute Gasteiger partial charge is 0.255 e. The molecular formula is C11H15NO. The summed E-state index contributed by atoms with van der Waals surface area (Å²) in [6, 6.07) is 3.76. The highest BCUT2D eigenvalue weighted by molar-refractivity contribution is 5.47. The van der Waals surface area contributed by atoms with Gasteiger partial charge in [-0.1, -0.05) is 25.5 Å². The summed E-state index contributed by atoms with van der Waals surface area (Å²) in [5, 5.41) is 0. The molecule has 0 radical (unpaired) electrons. The van der Waals surface area contributed by atoms with Crippen molar-refractivity contribution >= 4 is 6.08 Å². The topological polar surface area (TPSA) is 32.9 Å². The van der Waals surface area contributed by atoms with E-state index in [4.69, 9.17) is 0 Å². The fraction of sp³-hybridized carbons (Fsp3) is 0.364. The molecule has 0 spiro atoms. The lowest BCUT2D eigenvalue weighted by Crippen LogP contribution is -2.09. The highest BCUT2D eigenvalue weighted by atomic mass is 16.1. The lowest BCUT2D eigenvalue weighted by atomic mass is 10.2. The van der Waals surface area contributed by atoms with E-state index in [1.165, 1.54) is 0 Å². The average molecular weight is 177 g/mol. The van der Waals surface area contributed by atoms with Crippen molar-refractivity contribution in [2.45, 2.75) is 26.7 Å². The van der Waals surface area contributed by atoms with Crippen molar-refractivity contribution in [3.8, 4) is 0 Å². The number of nitrogens with one attached hydrogen (secondary N) is 1. The molecule has 0 aliphatic rings. The van der Waals surface area contributed by atoms with Crippen molar-refractivity contribution in [1.82, 2.24) is 4.98 Å². The summed E-state index contributed by atoms with van der Waals surface area (Å²) >= 11 is 0. The van der Waals surface area contributed by atoms with E-state index >= 15 is 0 Å². The molecule has 0 amide bonds. The second kappa shape index (κ2) is 4.65. The first-order valence-electron chi connectivity index (χ1n) is 4.60. The molecule has 0 saturated carbocycles. The van der Waals surface area contributed by atoms with E-state index in [9.17, 15) is 4.79 Å². The summed E-state index contributed by atoms with van der Waals surface area (Å²) < 4.78 is 0. The summed E-state index contributed by atoms with van der Waals surface area (Å²) in [7, 11) is 0. The summed E-state index contributed by atoms with van der Waals surface area (Å²) in [6.07, 6.45) is 6.04. The fourth-order valence-corrected chi connectivity index (χ4v) is 1.09. The number of hydrogen-bond donors (Lipinski definition) is 1. The molecule has 1 heterocycles. The van der Waals surface area contributed by atoms with E-state index < -0.39 is 0 Å². The first-order chi connectivity index (χ1) is 6.24. The third kappa shape index (κ3) is 2.90. The van der Waals surface area contributed by atoms with Crippen LogP contribution in [0.4, 0.5) is 0 Å². The molecule has 2 nitrogen and oxygen atoms in total. The zero-order valence-corrected chi connectivity index (χ0v) is 8.13. The lowest BCUT2D eigenvalue weighted by Gasteiger charge is -1.94. The minimum absolute atomic E-state index is 0.00708. The number of aryl methyl sites for hydroxylation is 1. The van der Waals surface area contributed by atoms with Gasteiger partial charge in [0.25, 0.3) is 5.56 Å². The van der Waals surface area contributed by atoms with Gasteiger partial charge in [0.2, 0.25) is 0 Å². The summed E-state index contributed by atoms with van der Waals surface area (Å²) in [5.41, 5.74) is 1.63. The van der Waals surface area contributed by atoms with Crippen molar-refractivity contribution in [2.75, 3.05) is 0 Å². The molecule has 2 heteroatoms. The Balaban J connectivity index is 2.84. The predicted octanol–water partition coefficient (Wildman–Crippen LogP) is 2.50. The molecule has 0 unspecified atom stereocenters. The van der Waals surface area contributed by atoms with Crippen LogP contribution in [0.1, 0.15) is 31.0 Å².